The highest BCUT2D eigenvalue weighted by molar-refractivity contribution is 5.83. The molecular weight excluding hydrogens is 227 g/mol. The molecular formula is C15H11FN2. The van der Waals surface area contributed by atoms with Gasteiger partial charge in [0.25, 0.3) is 0 Å². The van der Waals surface area contributed by atoms with E-state index < -0.39 is 0 Å². The molecule has 3 aromatic rings. The van der Waals surface area contributed by atoms with Crippen molar-refractivity contribution in [3.63, 3.8) is 0 Å². The molecule has 0 saturated heterocycles. The molecule has 0 bridgehead atoms. The Balaban J connectivity index is 2.16. The van der Waals surface area contributed by atoms with E-state index in [1.54, 1.807) is 0 Å². The van der Waals surface area contributed by atoms with Crippen LogP contribution < -0.4 is 0 Å². The van der Waals surface area contributed by atoms with E-state index in [-0.39, 0.29) is 5.82 Å². The van der Waals surface area contributed by atoms with E-state index in [1.807, 2.05) is 37.3 Å². The highest BCUT2D eigenvalue weighted by atomic mass is 19.1. The van der Waals surface area contributed by atoms with Crippen molar-refractivity contribution in [3.05, 3.63) is 60.2 Å². The first-order valence-corrected chi connectivity index (χ1v) is 5.72. The average Bonchev–Trinajstić information content (AvgIpc) is 2.38. The lowest BCUT2D eigenvalue weighted by Crippen LogP contribution is -1.87. The maximum atomic E-state index is 13.2. The Kier molecular flexibility index (Phi) is 2.52. The summed E-state index contributed by atoms with van der Waals surface area (Å²) in [7, 11) is 0. The number of pyridine rings is 2. The summed E-state index contributed by atoms with van der Waals surface area (Å²) in [6.07, 6.45) is 1.47. The van der Waals surface area contributed by atoms with Crippen LogP contribution in [0.15, 0.2) is 48.7 Å². The van der Waals surface area contributed by atoms with Gasteiger partial charge in [0, 0.05) is 28.9 Å². The molecule has 0 N–H and O–H groups in total. The molecule has 0 atom stereocenters. The van der Waals surface area contributed by atoms with Gasteiger partial charge in [-0.15, -0.1) is 0 Å². The molecule has 0 saturated carbocycles. The van der Waals surface area contributed by atoms with Gasteiger partial charge in [0.15, 0.2) is 0 Å². The van der Waals surface area contributed by atoms with E-state index in [9.17, 15) is 4.39 Å². The van der Waals surface area contributed by atoms with Crippen LogP contribution >= 0.6 is 0 Å². The van der Waals surface area contributed by atoms with Crippen molar-refractivity contribution in [2.45, 2.75) is 6.92 Å². The summed E-state index contributed by atoms with van der Waals surface area (Å²) < 4.78 is 13.2. The van der Waals surface area contributed by atoms with Crippen molar-refractivity contribution < 1.29 is 4.39 Å². The van der Waals surface area contributed by atoms with Gasteiger partial charge < -0.3 is 0 Å². The van der Waals surface area contributed by atoms with Gasteiger partial charge in [0.2, 0.25) is 0 Å². The van der Waals surface area contributed by atoms with Crippen LogP contribution in [0.2, 0.25) is 0 Å². The summed E-state index contributed by atoms with van der Waals surface area (Å²) in [5.74, 6) is -0.276. The largest absolute Gasteiger partial charge is 0.256 e. The Morgan fingerprint density at radius 1 is 1.00 bits per heavy atom. The first kappa shape index (κ1) is 10.8. The SMILES string of the molecule is Cc1ccc2cc(-c3cc(F)ccn3)ccc2n1. The van der Waals surface area contributed by atoms with Crippen LogP contribution in [0.25, 0.3) is 22.2 Å². The number of halogens is 1. The Bertz CT molecular complexity index is 723. The molecule has 0 spiro atoms. The lowest BCUT2D eigenvalue weighted by atomic mass is 10.1. The fourth-order valence-electron chi connectivity index (χ4n) is 1.95. The van der Waals surface area contributed by atoms with Gasteiger partial charge in [-0.1, -0.05) is 12.1 Å². The minimum Gasteiger partial charge on any atom is -0.256 e. The highest BCUT2D eigenvalue weighted by Gasteiger charge is 2.03. The Morgan fingerprint density at radius 3 is 2.72 bits per heavy atom. The molecule has 2 aromatic heterocycles. The third-order valence-electron chi connectivity index (χ3n) is 2.85. The van der Waals surface area contributed by atoms with E-state index in [0.29, 0.717) is 5.69 Å². The predicted octanol–water partition coefficient (Wildman–Crippen LogP) is 3.74. The molecule has 3 heteroatoms. The van der Waals surface area contributed by atoms with Crippen molar-refractivity contribution in [2.24, 2.45) is 0 Å². The van der Waals surface area contributed by atoms with Crippen LogP contribution in [0, 0.1) is 12.7 Å². The zero-order valence-corrected chi connectivity index (χ0v) is 9.89. The second kappa shape index (κ2) is 4.18. The summed E-state index contributed by atoms with van der Waals surface area (Å²) in [5, 5.41) is 1.03. The number of fused-ring (bicyclic) bond motifs is 1. The molecule has 0 fully saturated rings. The summed E-state index contributed by atoms with van der Waals surface area (Å²) in [5.41, 5.74) is 3.46. The Morgan fingerprint density at radius 2 is 1.89 bits per heavy atom. The molecule has 3 rings (SSSR count). The van der Waals surface area contributed by atoms with Crippen LogP contribution in [0.3, 0.4) is 0 Å². The van der Waals surface area contributed by atoms with Crippen molar-refractivity contribution in [1.82, 2.24) is 9.97 Å². The third-order valence-corrected chi connectivity index (χ3v) is 2.85. The molecule has 88 valence electrons. The van der Waals surface area contributed by atoms with E-state index in [0.717, 1.165) is 22.2 Å². The second-order valence-corrected chi connectivity index (χ2v) is 4.22. The number of aromatic nitrogens is 2. The Labute approximate surface area is 104 Å². The van der Waals surface area contributed by atoms with Crippen molar-refractivity contribution in [2.75, 3.05) is 0 Å². The molecule has 1 aromatic carbocycles. The second-order valence-electron chi connectivity index (χ2n) is 4.22. The van der Waals surface area contributed by atoms with Crippen LogP contribution in [-0.2, 0) is 0 Å². The maximum absolute atomic E-state index is 13.2. The fraction of sp³-hybridized carbons (Fsp3) is 0.0667. The smallest absolute Gasteiger partial charge is 0.126 e. The van der Waals surface area contributed by atoms with Gasteiger partial charge in [0.1, 0.15) is 5.82 Å². The lowest BCUT2D eigenvalue weighted by Gasteiger charge is -2.03. The van der Waals surface area contributed by atoms with Gasteiger partial charge in [0.05, 0.1) is 11.2 Å². The predicted molar refractivity (Wildman–Crippen MR) is 69.7 cm³/mol. The molecule has 0 aliphatic carbocycles. The number of benzene rings is 1. The van der Waals surface area contributed by atoms with E-state index in [2.05, 4.69) is 9.97 Å². The molecule has 18 heavy (non-hydrogen) atoms. The molecule has 0 unspecified atom stereocenters. The van der Waals surface area contributed by atoms with Gasteiger partial charge >= 0.3 is 0 Å². The molecule has 2 nitrogen and oxygen atoms in total. The molecule has 2 heterocycles. The summed E-state index contributed by atoms with van der Waals surface area (Å²) in [4.78, 5) is 8.61. The fourth-order valence-corrected chi connectivity index (χ4v) is 1.95. The minimum absolute atomic E-state index is 0.276. The minimum atomic E-state index is -0.276. The Hall–Kier alpha value is -2.29. The molecule has 0 amide bonds. The normalized spacial score (nSPS) is 10.8. The van der Waals surface area contributed by atoms with E-state index in [1.165, 1.54) is 18.3 Å². The van der Waals surface area contributed by atoms with E-state index in [4.69, 9.17) is 0 Å². The van der Waals surface area contributed by atoms with Crippen LogP contribution in [0.5, 0.6) is 0 Å². The zero-order chi connectivity index (χ0) is 12.5. The number of aryl methyl sites for hydroxylation is 1. The zero-order valence-electron chi connectivity index (χ0n) is 9.89. The van der Waals surface area contributed by atoms with Crippen molar-refractivity contribution in [1.29, 1.82) is 0 Å². The number of hydrogen-bond acceptors (Lipinski definition) is 2. The third kappa shape index (κ3) is 1.95. The van der Waals surface area contributed by atoms with Crippen LogP contribution in [0.1, 0.15) is 5.69 Å². The van der Waals surface area contributed by atoms with Crippen LogP contribution in [0.4, 0.5) is 4.39 Å². The molecule has 0 aliphatic heterocycles. The van der Waals surface area contributed by atoms with Crippen LogP contribution in [-0.4, -0.2) is 9.97 Å². The average molecular weight is 238 g/mol. The first-order chi connectivity index (χ1) is 8.72. The monoisotopic (exact) mass is 238 g/mol. The lowest BCUT2D eigenvalue weighted by molar-refractivity contribution is 0.626. The molecule has 0 aliphatic rings. The number of hydrogen-bond donors (Lipinski definition) is 0. The standard InChI is InChI=1S/C15H11FN2/c1-10-2-3-11-8-12(4-5-14(11)18-10)15-9-13(16)6-7-17-15/h2-9H,1H3. The first-order valence-electron chi connectivity index (χ1n) is 5.72. The van der Waals surface area contributed by atoms with Crippen molar-refractivity contribution in [3.8, 4) is 11.3 Å². The quantitative estimate of drug-likeness (QED) is 0.645. The summed E-state index contributed by atoms with van der Waals surface area (Å²) in [6, 6.07) is 12.6. The maximum Gasteiger partial charge on any atom is 0.126 e. The highest BCUT2D eigenvalue weighted by Crippen LogP contribution is 2.22. The summed E-state index contributed by atoms with van der Waals surface area (Å²) in [6.45, 7) is 1.96. The molecule has 0 radical (unpaired) electrons. The van der Waals surface area contributed by atoms with Gasteiger partial charge in [-0.3, -0.25) is 9.97 Å². The van der Waals surface area contributed by atoms with E-state index >= 15 is 0 Å². The van der Waals surface area contributed by atoms with Gasteiger partial charge in [-0.05, 0) is 31.2 Å². The van der Waals surface area contributed by atoms with Gasteiger partial charge in [-0.25, -0.2) is 4.39 Å². The number of rotatable bonds is 1. The topological polar surface area (TPSA) is 25.8 Å². The summed E-state index contributed by atoms with van der Waals surface area (Å²) >= 11 is 0. The van der Waals surface area contributed by atoms with Gasteiger partial charge in [-0.2, -0.15) is 0 Å². The van der Waals surface area contributed by atoms with Crippen molar-refractivity contribution >= 4 is 10.9 Å². The number of nitrogens with zero attached hydrogens (tertiary/aromatic N) is 2.